The summed E-state index contributed by atoms with van der Waals surface area (Å²) in [6.45, 7) is 4.34. The molecule has 1 aliphatic heterocycles. The summed E-state index contributed by atoms with van der Waals surface area (Å²) in [4.78, 5) is 15.0. The van der Waals surface area contributed by atoms with Crippen molar-refractivity contribution in [2.75, 3.05) is 13.1 Å². The Hall–Kier alpha value is -4.15. The number of ether oxygens (including phenoxy) is 2. The van der Waals surface area contributed by atoms with E-state index in [1.165, 1.54) is 35.1 Å². The number of hydrogen-bond acceptors (Lipinski definition) is 4. The highest BCUT2D eigenvalue weighted by Gasteiger charge is 2.22. The van der Waals surface area contributed by atoms with Crippen LogP contribution in [0.5, 0.6) is 11.5 Å². The molecule has 4 heteroatoms. The van der Waals surface area contributed by atoms with E-state index < -0.39 is 0 Å². The summed E-state index contributed by atoms with van der Waals surface area (Å²) in [5.74, 6) is 1.07. The molecule has 0 amide bonds. The molecule has 4 aromatic rings. The fourth-order valence-corrected chi connectivity index (χ4v) is 5.90. The zero-order valence-corrected chi connectivity index (χ0v) is 23.0. The molecule has 1 fully saturated rings. The second-order valence-electron chi connectivity index (χ2n) is 10.6. The number of rotatable bonds is 7. The standard InChI is InChI=1S/C36H35NO3/c1-26(37-24-7-8-25-37)39-31-20-16-28(17-21-31)35(34-15-9-13-27-10-5-6-14-33(27)34)29-18-22-32(23-19-29)40-36(38)30-11-3-2-4-12-30/h2-6,10-12,14,16-23,26H,7-9,13,15,24-25H2,1H3. The van der Waals surface area contributed by atoms with Crippen molar-refractivity contribution in [3.63, 3.8) is 0 Å². The molecule has 0 aromatic heterocycles. The average Bonchev–Trinajstić information content (AvgIpc) is 3.55. The van der Waals surface area contributed by atoms with Crippen LogP contribution in [0.15, 0.2) is 103 Å². The van der Waals surface area contributed by atoms with E-state index in [1.807, 2.05) is 30.3 Å². The van der Waals surface area contributed by atoms with Gasteiger partial charge in [0.2, 0.25) is 0 Å². The number of hydrogen-bond donors (Lipinski definition) is 0. The number of carbonyl (C=O) groups excluding carboxylic acids is 1. The molecule has 202 valence electrons. The normalized spacial score (nSPS) is 17.1. The molecule has 0 spiro atoms. The molecular formula is C36H35NO3. The molecule has 2 aliphatic rings. The van der Waals surface area contributed by atoms with Gasteiger partial charge in [0.05, 0.1) is 5.56 Å². The minimum atomic E-state index is -0.355. The molecular weight excluding hydrogens is 494 g/mol. The van der Waals surface area contributed by atoms with E-state index in [1.54, 1.807) is 12.1 Å². The molecule has 1 atom stereocenters. The maximum absolute atomic E-state index is 12.6. The number of aryl methyl sites for hydroxylation is 1. The SMILES string of the molecule is CC(Oc1ccc(C(=C2CCCc3ccccc32)c2ccc(OC(=O)c3ccccc3)cc2)cc1)N1CCCC1. The van der Waals surface area contributed by atoms with Crippen molar-refractivity contribution in [2.45, 2.75) is 45.3 Å². The van der Waals surface area contributed by atoms with Crippen LogP contribution in [0.25, 0.3) is 11.1 Å². The third kappa shape index (κ3) is 5.73. The Kier molecular flexibility index (Phi) is 7.78. The Balaban J connectivity index is 1.32. The lowest BCUT2D eigenvalue weighted by Crippen LogP contribution is -2.34. The predicted octanol–water partition coefficient (Wildman–Crippen LogP) is 8.02. The quantitative estimate of drug-likeness (QED) is 0.179. The molecule has 6 rings (SSSR count). The monoisotopic (exact) mass is 529 g/mol. The van der Waals surface area contributed by atoms with Crippen LogP contribution in [0.2, 0.25) is 0 Å². The first kappa shape index (κ1) is 26.1. The van der Waals surface area contributed by atoms with Gasteiger partial charge in [0.15, 0.2) is 0 Å². The van der Waals surface area contributed by atoms with Crippen LogP contribution in [-0.4, -0.2) is 30.2 Å². The Bertz CT molecular complexity index is 1480. The highest BCUT2D eigenvalue weighted by Crippen LogP contribution is 2.40. The van der Waals surface area contributed by atoms with Crippen LogP contribution in [0.1, 0.15) is 65.2 Å². The van der Waals surface area contributed by atoms with Gasteiger partial charge in [-0.25, -0.2) is 4.79 Å². The van der Waals surface area contributed by atoms with Crippen molar-refractivity contribution >= 4 is 17.1 Å². The molecule has 0 N–H and O–H groups in total. The van der Waals surface area contributed by atoms with Gasteiger partial charge in [-0.15, -0.1) is 0 Å². The molecule has 1 unspecified atom stereocenters. The number of carbonyl (C=O) groups is 1. The van der Waals surface area contributed by atoms with E-state index in [9.17, 15) is 4.79 Å². The Morgan fingerprint density at radius 3 is 2.00 bits per heavy atom. The van der Waals surface area contributed by atoms with E-state index in [0.29, 0.717) is 11.3 Å². The summed E-state index contributed by atoms with van der Waals surface area (Å²) in [7, 11) is 0. The molecule has 40 heavy (non-hydrogen) atoms. The Morgan fingerprint density at radius 2 is 1.30 bits per heavy atom. The zero-order chi connectivity index (χ0) is 27.3. The lowest BCUT2D eigenvalue weighted by molar-refractivity contribution is 0.0592. The maximum Gasteiger partial charge on any atom is 0.343 e. The summed E-state index contributed by atoms with van der Waals surface area (Å²) in [5, 5.41) is 0. The highest BCUT2D eigenvalue weighted by atomic mass is 16.5. The molecule has 1 saturated heterocycles. The first-order chi connectivity index (χ1) is 19.7. The topological polar surface area (TPSA) is 38.8 Å². The van der Waals surface area contributed by atoms with Gasteiger partial charge in [-0.2, -0.15) is 0 Å². The van der Waals surface area contributed by atoms with Gasteiger partial charge in [-0.1, -0.05) is 66.7 Å². The first-order valence-corrected chi connectivity index (χ1v) is 14.4. The maximum atomic E-state index is 12.6. The minimum absolute atomic E-state index is 0.0718. The van der Waals surface area contributed by atoms with Crippen LogP contribution in [0.4, 0.5) is 0 Å². The fraction of sp³-hybridized carbons (Fsp3) is 0.250. The number of esters is 1. The van der Waals surface area contributed by atoms with E-state index in [-0.39, 0.29) is 12.2 Å². The first-order valence-electron chi connectivity index (χ1n) is 14.4. The van der Waals surface area contributed by atoms with Gasteiger partial charge in [0.25, 0.3) is 0 Å². The number of likely N-dealkylation sites (tertiary alicyclic amines) is 1. The van der Waals surface area contributed by atoms with Gasteiger partial charge in [0.1, 0.15) is 17.7 Å². The van der Waals surface area contributed by atoms with Crippen LogP contribution in [0, 0.1) is 0 Å². The van der Waals surface area contributed by atoms with Crippen LogP contribution < -0.4 is 9.47 Å². The predicted molar refractivity (Wildman–Crippen MR) is 160 cm³/mol. The van der Waals surface area contributed by atoms with E-state index in [0.717, 1.165) is 49.2 Å². The van der Waals surface area contributed by atoms with Crippen molar-refractivity contribution in [1.82, 2.24) is 4.90 Å². The molecule has 1 aliphatic carbocycles. The summed E-state index contributed by atoms with van der Waals surface area (Å²) in [6, 6.07) is 34.3. The Morgan fingerprint density at radius 1 is 0.675 bits per heavy atom. The number of allylic oxidation sites excluding steroid dienone is 1. The van der Waals surface area contributed by atoms with E-state index in [2.05, 4.69) is 72.5 Å². The van der Waals surface area contributed by atoms with Crippen molar-refractivity contribution < 1.29 is 14.3 Å². The smallest absolute Gasteiger partial charge is 0.343 e. The number of fused-ring (bicyclic) bond motifs is 1. The lowest BCUT2D eigenvalue weighted by atomic mass is 9.81. The van der Waals surface area contributed by atoms with Gasteiger partial charge in [0, 0.05) is 13.1 Å². The van der Waals surface area contributed by atoms with Gasteiger partial charge in [-0.3, -0.25) is 4.90 Å². The van der Waals surface area contributed by atoms with Crippen molar-refractivity contribution in [1.29, 1.82) is 0 Å². The van der Waals surface area contributed by atoms with Gasteiger partial charge in [-0.05, 0) is 109 Å². The average molecular weight is 530 g/mol. The third-order valence-corrected chi connectivity index (χ3v) is 7.98. The van der Waals surface area contributed by atoms with E-state index >= 15 is 0 Å². The fourth-order valence-electron chi connectivity index (χ4n) is 5.90. The zero-order valence-electron chi connectivity index (χ0n) is 23.0. The number of benzene rings is 4. The molecule has 0 radical (unpaired) electrons. The van der Waals surface area contributed by atoms with Crippen LogP contribution in [0.3, 0.4) is 0 Å². The lowest BCUT2D eigenvalue weighted by Gasteiger charge is -2.25. The Labute approximate surface area is 236 Å². The number of nitrogens with zero attached hydrogens (tertiary/aromatic N) is 1. The third-order valence-electron chi connectivity index (χ3n) is 7.98. The summed E-state index contributed by atoms with van der Waals surface area (Å²) < 4.78 is 12.0. The van der Waals surface area contributed by atoms with Crippen LogP contribution >= 0.6 is 0 Å². The van der Waals surface area contributed by atoms with Crippen LogP contribution in [-0.2, 0) is 6.42 Å². The van der Waals surface area contributed by atoms with Gasteiger partial charge >= 0.3 is 5.97 Å². The second kappa shape index (κ2) is 11.9. The molecule has 1 heterocycles. The molecule has 4 nitrogen and oxygen atoms in total. The molecule has 0 saturated carbocycles. The van der Waals surface area contributed by atoms with Crippen molar-refractivity contribution in [3.8, 4) is 11.5 Å². The highest BCUT2D eigenvalue weighted by molar-refractivity contribution is 5.99. The largest absolute Gasteiger partial charge is 0.475 e. The second-order valence-corrected chi connectivity index (χ2v) is 10.6. The van der Waals surface area contributed by atoms with Crippen molar-refractivity contribution in [3.05, 3.63) is 131 Å². The summed E-state index contributed by atoms with van der Waals surface area (Å²) in [5.41, 5.74) is 8.09. The summed E-state index contributed by atoms with van der Waals surface area (Å²) >= 11 is 0. The van der Waals surface area contributed by atoms with Crippen molar-refractivity contribution in [2.24, 2.45) is 0 Å². The van der Waals surface area contributed by atoms with E-state index in [4.69, 9.17) is 9.47 Å². The molecule has 4 aromatic carbocycles. The minimum Gasteiger partial charge on any atom is -0.475 e. The summed E-state index contributed by atoms with van der Waals surface area (Å²) in [6.07, 6.45) is 5.80. The molecule has 0 bridgehead atoms. The van der Waals surface area contributed by atoms with Gasteiger partial charge < -0.3 is 9.47 Å².